The summed E-state index contributed by atoms with van der Waals surface area (Å²) in [7, 11) is 0. The van der Waals surface area contributed by atoms with Gasteiger partial charge in [0.15, 0.2) is 0 Å². The number of hydrogen-bond donors (Lipinski definition) is 2. The second-order valence-corrected chi connectivity index (χ2v) is 12.1. The highest BCUT2D eigenvalue weighted by Crippen LogP contribution is 2.42. The lowest BCUT2D eigenvalue weighted by atomic mass is 9.93. The zero-order chi connectivity index (χ0) is 30.3. The van der Waals surface area contributed by atoms with Crippen LogP contribution in [-0.2, 0) is 25.2 Å². The van der Waals surface area contributed by atoms with Gasteiger partial charge in [0.2, 0.25) is 0 Å². The Balaban J connectivity index is 1.17. The predicted molar refractivity (Wildman–Crippen MR) is 163 cm³/mol. The first-order valence-electron chi connectivity index (χ1n) is 13.9. The van der Waals surface area contributed by atoms with E-state index in [-0.39, 0.29) is 24.6 Å². The molecule has 1 saturated carbocycles. The fraction of sp³-hybridized carbons (Fsp3) is 0.323. The number of benzene rings is 2. The first-order chi connectivity index (χ1) is 20.6. The number of anilines is 1. The molecular formula is C31H28Cl3N3O6. The van der Waals surface area contributed by atoms with E-state index in [1.807, 2.05) is 4.90 Å². The van der Waals surface area contributed by atoms with E-state index in [0.717, 1.165) is 18.4 Å². The monoisotopic (exact) mass is 643 g/mol. The van der Waals surface area contributed by atoms with E-state index in [1.165, 1.54) is 12.3 Å². The largest absolute Gasteiger partial charge is 0.487 e. The third-order valence-electron chi connectivity index (χ3n) is 8.01. The van der Waals surface area contributed by atoms with Gasteiger partial charge in [-0.15, -0.1) is 0 Å². The van der Waals surface area contributed by atoms with E-state index in [1.54, 1.807) is 47.0 Å². The first-order valence-corrected chi connectivity index (χ1v) is 15.0. The normalized spacial score (nSPS) is 18.3. The fourth-order valence-corrected chi connectivity index (χ4v) is 6.44. The van der Waals surface area contributed by atoms with Crippen LogP contribution < -0.4 is 15.4 Å². The molecular weight excluding hydrogens is 617 g/mol. The predicted octanol–water partition coefficient (Wildman–Crippen LogP) is 6.29. The molecule has 6 rings (SSSR count). The van der Waals surface area contributed by atoms with E-state index in [9.17, 15) is 14.7 Å². The number of aliphatic hydroxyl groups is 1. The molecule has 1 aliphatic heterocycles. The van der Waals surface area contributed by atoms with Gasteiger partial charge in [0.05, 0.1) is 17.1 Å². The number of halogens is 3. The Morgan fingerprint density at radius 2 is 1.86 bits per heavy atom. The maximum absolute atomic E-state index is 12.8. The molecule has 0 amide bonds. The van der Waals surface area contributed by atoms with Gasteiger partial charge in [0, 0.05) is 40.8 Å². The number of aromatic carboxylic acids is 1. The highest BCUT2D eigenvalue weighted by molar-refractivity contribution is 6.36. The van der Waals surface area contributed by atoms with Crippen LogP contribution in [0.5, 0.6) is 5.75 Å². The fourth-order valence-electron chi connectivity index (χ4n) is 5.51. The van der Waals surface area contributed by atoms with Crippen LogP contribution in [0.4, 0.5) is 5.82 Å². The van der Waals surface area contributed by atoms with E-state index in [4.69, 9.17) is 49.1 Å². The number of ether oxygens (including phenoxy) is 1. The van der Waals surface area contributed by atoms with E-state index < -0.39 is 17.3 Å². The van der Waals surface area contributed by atoms with Crippen molar-refractivity contribution in [2.75, 3.05) is 18.0 Å². The molecule has 0 bridgehead atoms. The van der Waals surface area contributed by atoms with Crippen LogP contribution >= 0.6 is 34.8 Å². The van der Waals surface area contributed by atoms with Crippen LogP contribution in [0.2, 0.25) is 15.1 Å². The summed E-state index contributed by atoms with van der Waals surface area (Å²) in [4.78, 5) is 30.1. The molecule has 0 radical (unpaired) electrons. The Hall–Kier alpha value is -3.50. The molecule has 3 heterocycles. The molecule has 1 atom stereocenters. The molecule has 2 aromatic carbocycles. The summed E-state index contributed by atoms with van der Waals surface area (Å²) in [5.74, 6) is 0.394. The molecule has 2 aromatic heterocycles. The maximum atomic E-state index is 12.8. The lowest BCUT2D eigenvalue weighted by Gasteiger charge is -2.25. The van der Waals surface area contributed by atoms with Gasteiger partial charge >= 0.3 is 11.7 Å². The molecule has 0 spiro atoms. The summed E-state index contributed by atoms with van der Waals surface area (Å²) in [6, 6.07) is 13.6. The summed E-state index contributed by atoms with van der Waals surface area (Å²) in [5.41, 5.74) is 0.854. The Kier molecular flexibility index (Phi) is 8.17. The zero-order valence-corrected chi connectivity index (χ0v) is 25.2. The number of nitrogens with zero attached hydrogens (tertiary/aromatic N) is 3. The van der Waals surface area contributed by atoms with Gasteiger partial charge in [0.25, 0.3) is 0 Å². The molecule has 2 N–H and O–H groups in total. The molecule has 12 heteroatoms. The Labute approximate surface area is 262 Å². The molecule has 1 aliphatic carbocycles. The minimum atomic E-state index is -1.23. The molecule has 43 heavy (non-hydrogen) atoms. The number of oxazole rings is 1. The van der Waals surface area contributed by atoms with Crippen LogP contribution in [-0.4, -0.2) is 38.8 Å². The molecule has 2 fully saturated rings. The summed E-state index contributed by atoms with van der Waals surface area (Å²) in [5, 5.41) is 22.0. The summed E-state index contributed by atoms with van der Waals surface area (Å²) < 4.78 is 13.3. The van der Waals surface area contributed by atoms with Crippen molar-refractivity contribution in [2.45, 2.75) is 50.4 Å². The van der Waals surface area contributed by atoms with Crippen LogP contribution in [0.1, 0.15) is 58.1 Å². The quantitative estimate of drug-likeness (QED) is 0.207. The number of carbonyl (C=O) groups is 1. The Morgan fingerprint density at radius 1 is 1.09 bits per heavy atom. The summed E-state index contributed by atoms with van der Waals surface area (Å²) in [6.07, 6.45) is 4.06. The van der Waals surface area contributed by atoms with E-state index >= 15 is 0 Å². The van der Waals surface area contributed by atoms with Gasteiger partial charge in [-0.3, -0.25) is 4.57 Å². The molecule has 224 valence electrons. The number of carboxylic acid groups (broad SMARTS) is 1. The minimum absolute atomic E-state index is 0.0958. The highest BCUT2D eigenvalue weighted by Gasteiger charge is 2.40. The van der Waals surface area contributed by atoms with Crippen LogP contribution in [0.3, 0.4) is 0 Å². The number of hydrogen-bond acceptors (Lipinski definition) is 7. The van der Waals surface area contributed by atoms with Crippen molar-refractivity contribution >= 4 is 46.6 Å². The standard InChI is InChI=1S/C31H28Cl3N3O6/c32-23-2-1-3-24(33)21(23)10-12-37-26(28(18-4-5-18)43-30(37)40)16-42-20-7-8-22(25(34)14-20)31(41)11-13-36(17-31)27-9-6-19(15-35-27)29(38)39/h1-3,6-9,14-15,18,41H,4-5,10-13,16-17H2,(H,38,39). The second kappa shape index (κ2) is 11.9. The molecule has 9 nitrogen and oxygen atoms in total. The van der Waals surface area contributed by atoms with Crippen LogP contribution in [0, 0.1) is 0 Å². The van der Waals surface area contributed by atoms with Crippen molar-refractivity contribution in [3.05, 3.63) is 108 Å². The highest BCUT2D eigenvalue weighted by atomic mass is 35.5. The van der Waals surface area contributed by atoms with Gasteiger partial charge < -0.3 is 24.3 Å². The van der Waals surface area contributed by atoms with Crippen LogP contribution in [0.15, 0.2) is 63.9 Å². The Morgan fingerprint density at radius 3 is 2.51 bits per heavy atom. The van der Waals surface area contributed by atoms with Crippen molar-refractivity contribution in [2.24, 2.45) is 0 Å². The van der Waals surface area contributed by atoms with Gasteiger partial charge in [-0.05, 0) is 67.6 Å². The maximum Gasteiger partial charge on any atom is 0.419 e. The van der Waals surface area contributed by atoms with Crippen LogP contribution in [0.25, 0.3) is 0 Å². The number of aromatic nitrogens is 2. The molecule has 4 aromatic rings. The molecule has 2 aliphatic rings. The summed E-state index contributed by atoms with van der Waals surface area (Å²) >= 11 is 19.4. The van der Waals surface area contributed by atoms with Gasteiger partial charge in [-0.1, -0.05) is 46.9 Å². The molecule has 1 saturated heterocycles. The topological polar surface area (TPSA) is 118 Å². The average Bonchev–Trinajstić information content (AvgIpc) is 3.67. The lowest BCUT2D eigenvalue weighted by Crippen LogP contribution is -2.31. The minimum Gasteiger partial charge on any atom is -0.487 e. The van der Waals surface area contributed by atoms with Gasteiger partial charge in [-0.25, -0.2) is 14.6 Å². The third-order valence-corrected chi connectivity index (χ3v) is 9.03. The van der Waals surface area contributed by atoms with Crippen molar-refractivity contribution in [3.63, 3.8) is 0 Å². The zero-order valence-electron chi connectivity index (χ0n) is 22.9. The number of rotatable bonds is 10. The van der Waals surface area contributed by atoms with Crippen molar-refractivity contribution in [1.82, 2.24) is 9.55 Å². The third kappa shape index (κ3) is 6.13. The number of carboxylic acids is 1. The smallest absolute Gasteiger partial charge is 0.419 e. The summed E-state index contributed by atoms with van der Waals surface area (Å²) in [6.45, 7) is 1.19. The first kappa shape index (κ1) is 29.6. The van der Waals surface area contributed by atoms with Crippen molar-refractivity contribution < 1.29 is 24.2 Å². The van der Waals surface area contributed by atoms with E-state index in [2.05, 4.69) is 4.98 Å². The average molecular weight is 645 g/mol. The van der Waals surface area contributed by atoms with E-state index in [0.29, 0.717) is 69.6 Å². The molecule has 1 unspecified atom stereocenters. The lowest BCUT2D eigenvalue weighted by molar-refractivity contribution is 0.0606. The second-order valence-electron chi connectivity index (χ2n) is 10.9. The number of pyridine rings is 1. The SMILES string of the molecule is O=C(O)c1ccc(N2CCC(O)(c3ccc(OCc4c(C5CC5)oc(=O)n4CCc4c(Cl)cccc4Cl)cc3Cl)C2)nc1. The van der Waals surface area contributed by atoms with Gasteiger partial charge in [-0.2, -0.15) is 0 Å². The van der Waals surface area contributed by atoms with Crippen molar-refractivity contribution in [1.29, 1.82) is 0 Å². The number of β-amino-alcohol motifs (C(OH)–C–C–N with tert-alkyl or cyclic N) is 1. The van der Waals surface area contributed by atoms with Gasteiger partial charge in [0.1, 0.15) is 35.2 Å². The van der Waals surface area contributed by atoms with Crippen molar-refractivity contribution in [3.8, 4) is 5.75 Å². The Bertz CT molecular complexity index is 1710.